The lowest BCUT2D eigenvalue weighted by Gasteiger charge is -2.39. The summed E-state index contributed by atoms with van der Waals surface area (Å²) in [4.78, 5) is 12.9. The van der Waals surface area contributed by atoms with Crippen molar-refractivity contribution in [1.82, 2.24) is 0 Å². The zero-order valence-corrected chi connectivity index (χ0v) is 16.9. The Morgan fingerprint density at radius 2 is 1.72 bits per heavy atom. The molecule has 4 rings (SSSR count). The molecule has 1 aliphatic rings. The van der Waals surface area contributed by atoms with Crippen LogP contribution in [0.5, 0.6) is 17.2 Å². The summed E-state index contributed by atoms with van der Waals surface area (Å²) >= 11 is 0. The number of phenolic OH excluding ortho intramolecular Hbond substituents is 1. The minimum Gasteiger partial charge on any atom is -0.507 e. The number of phenols is 1. The first-order valence-corrected chi connectivity index (χ1v) is 9.74. The lowest BCUT2D eigenvalue weighted by molar-refractivity contribution is -0.277. The number of rotatable bonds is 5. The van der Waals surface area contributed by atoms with Crippen LogP contribution < -0.4 is 14.9 Å². The highest BCUT2D eigenvalue weighted by Gasteiger charge is 2.44. The summed E-state index contributed by atoms with van der Waals surface area (Å²) in [6.45, 7) is -0.569. The SMILES string of the molecule is COc1cc(O)c2c(=O)c(-c3ccc(O[C@@H]4O[C@@H](CO)[C@H](O)[C@@H](O)[C@@H]4O)cc3)coc2c1. The van der Waals surface area contributed by atoms with Crippen LogP contribution in [0, 0.1) is 0 Å². The van der Waals surface area contributed by atoms with Crippen molar-refractivity contribution in [2.45, 2.75) is 30.7 Å². The predicted molar refractivity (Wildman–Crippen MR) is 111 cm³/mol. The number of methoxy groups -OCH3 is 1. The molecule has 5 N–H and O–H groups in total. The number of ether oxygens (including phenoxy) is 3. The fourth-order valence-corrected chi connectivity index (χ4v) is 3.54. The lowest BCUT2D eigenvalue weighted by Crippen LogP contribution is -2.60. The Hall–Kier alpha value is -3.15. The second-order valence-corrected chi connectivity index (χ2v) is 7.34. The van der Waals surface area contributed by atoms with Crippen LogP contribution >= 0.6 is 0 Å². The molecule has 3 aromatic rings. The standard InChI is InChI=1S/C22H22O10/c1-29-12-6-14(24)17-15(7-12)30-9-13(18(17)25)10-2-4-11(5-3-10)31-22-21(28)20(27)19(26)16(8-23)32-22/h2-7,9,16,19-24,26-28H,8H2,1H3/t16-,19-,20+,21-,22+/m0/s1. The van der Waals surface area contributed by atoms with Gasteiger partial charge in [-0.2, -0.15) is 0 Å². The van der Waals surface area contributed by atoms with Crippen molar-refractivity contribution < 1.29 is 44.2 Å². The summed E-state index contributed by atoms with van der Waals surface area (Å²) in [5.74, 6) is 0.328. The van der Waals surface area contributed by atoms with E-state index in [2.05, 4.69) is 0 Å². The highest BCUT2D eigenvalue weighted by molar-refractivity contribution is 5.88. The first-order valence-electron chi connectivity index (χ1n) is 9.74. The van der Waals surface area contributed by atoms with Gasteiger partial charge in [0.1, 0.15) is 58.9 Å². The Morgan fingerprint density at radius 1 is 1.00 bits per heavy atom. The number of aliphatic hydroxyl groups is 4. The molecule has 1 aliphatic heterocycles. The van der Waals surface area contributed by atoms with E-state index in [0.29, 0.717) is 11.3 Å². The summed E-state index contributed by atoms with van der Waals surface area (Å²) in [6, 6.07) is 8.97. The van der Waals surface area contributed by atoms with Crippen LogP contribution in [0.1, 0.15) is 0 Å². The Morgan fingerprint density at radius 3 is 2.38 bits per heavy atom. The van der Waals surface area contributed by atoms with Crippen molar-refractivity contribution in [2.75, 3.05) is 13.7 Å². The Bertz CT molecular complexity index is 1150. The molecule has 170 valence electrons. The van der Waals surface area contributed by atoms with Gasteiger partial charge in [0.25, 0.3) is 0 Å². The third kappa shape index (κ3) is 3.90. The molecule has 0 spiro atoms. The summed E-state index contributed by atoms with van der Waals surface area (Å²) < 4.78 is 21.4. The largest absolute Gasteiger partial charge is 0.507 e. The van der Waals surface area contributed by atoms with Crippen LogP contribution in [0.15, 0.2) is 51.9 Å². The quantitative estimate of drug-likeness (QED) is 0.370. The van der Waals surface area contributed by atoms with Crippen molar-refractivity contribution in [3.8, 4) is 28.4 Å². The molecule has 1 aromatic heterocycles. The van der Waals surface area contributed by atoms with Crippen LogP contribution in [0.4, 0.5) is 0 Å². The number of aliphatic hydroxyl groups excluding tert-OH is 4. The van der Waals surface area contributed by atoms with Gasteiger partial charge in [0.15, 0.2) is 0 Å². The monoisotopic (exact) mass is 446 g/mol. The van der Waals surface area contributed by atoms with E-state index in [1.807, 2.05) is 0 Å². The summed E-state index contributed by atoms with van der Waals surface area (Å²) in [7, 11) is 1.43. The highest BCUT2D eigenvalue weighted by Crippen LogP contribution is 2.31. The molecule has 32 heavy (non-hydrogen) atoms. The van der Waals surface area contributed by atoms with E-state index in [4.69, 9.17) is 18.6 Å². The van der Waals surface area contributed by atoms with Gasteiger partial charge in [-0.1, -0.05) is 12.1 Å². The third-order valence-electron chi connectivity index (χ3n) is 5.33. The van der Waals surface area contributed by atoms with Gasteiger partial charge in [-0.05, 0) is 17.7 Å². The average Bonchev–Trinajstić information content (AvgIpc) is 2.80. The maximum Gasteiger partial charge on any atom is 0.229 e. The molecule has 0 amide bonds. The number of aromatic hydroxyl groups is 1. The molecular weight excluding hydrogens is 424 g/mol. The van der Waals surface area contributed by atoms with Crippen LogP contribution in [0.3, 0.4) is 0 Å². The molecule has 10 heteroatoms. The van der Waals surface area contributed by atoms with E-state index in [1.54, 1.807) is 12.1 Å². The molecule has 2 heterocycles. The summed E-state index contributed by atoms with van der Waals surface area (Å²) in [6.07, 6.45) is -5.73. The van der Waals surface area contributed by atoms with Crippen LogP contribution in [0.25, 0.3) is 22.1 Å². The van der Waals surface area contributed by atoms with Crippen molar-refractivity contribution in [2.24, 2.45) is 0 Å². The average molecular weight is 446 g/mol. The molecule has 0 aliphatic carbocycles. The van der Waals surface area contributed by atoms with E-state index in [0.717, 1.165) is 0 Å². The van der Waals surface area contributed by atoms with E-state index >= 15 is 0 Å². The summed E-state index contributed by atoms with van der Waals surface area (Å²) in [5, 5.41) is 49.3. The second-order valence-electron chi connectivity index (χ2n) is 7.34. The number of fused-ring (bicyclic) bond motifs is 1. The van der Waals surface area contributed by atoms with Gasteiger partial charge in [0.2, 0.25) is 11.7 Å². The first kappa shape index (κ1) is 22.1. The van der Waals surface area contributed by atoms with Crippen molar-refractivity contribution >= 4 is 11.0 Å². The zero-order valence-electron chi connectivity index (χ0n) is 16.9. The van der Waals surface area contributed by atoms with Gasteiger partial charge >= 0.3 is 0 Å². The van der Waals surface area contributed by atoms with Crippen LogP contribution in [0.2, 0.25) is 0 Å². The molecule has 0 radical (unpaired) electrons. The molecular formula is C22H22O10. The Balaban J connectivity index is 1.59. The van der Waals surface area contributed by atoms with Crippen molar-refractivity contribution in [3.63, 3.8) is 0 Å². The van der Waals surface area contributed by atoms with Gasteiger partial charge in [-0.15, -0.1) is 0 Å². The molecule has 2 aromatic carbocycles. The van der Waals surface area contributed by atoms with Gasteiger partial charge in [-0.3, -0.25) is 4.79 Å². The molecule has 0 saturated carbocycles. The molecule has 10 nitrogen and oxygen atoms in total. The van der Waals surface area contributed by atoms with Crippen molar-refractivity contribution in [3.05, 3.63) is 52.9 Å². The molecule has 0 unspecified atom stereocenters. The lowest BCUT2D eigenvalue weighted by atomic mass is 9.99. The predicted octanol–water partition coefficient (Wildman–Crippen LogP) is 0.353. The second kappa shape index (κ2) is 8.77. The molecule has 1 saturated heterocycles. The smallest absolute Gasteiger partial charge is 0.229 e. The zero-order chi connectivity index (χ0) is 23.0. The van der Waals surface area contributed by atoms with E-state index in [1.165, 1.54) is 37.6 Å². The molecule has 0 bridgehead atoms. The van der Waals surface area contributed by atoms with E-state index in [-0.39, 0.29) is 28.0 Å². The van der Waals surface area contributed by atoms with E-state index in [9.17, 15) is 30.3 Å². The number of hydrogen-bond acceptors (Lipinski definition) is 10. The Kier molecular flexibility index (Phi) is 6.04. The molecule has 1 fully saturated rings. The highest BCUT2D eigenvalue weighted by atomic mass is 16.7. The normalized spacial score (nSPS) is 25.6. The Labute approximate surface area is 181 Å². The topological polar surface area (TPSA) is 159 Å². The van der Waals surface area contributed by atoms with Crippen molar-refractivity contribution in [1.29, 1.82) is 0 Å². The minimum absolute atomic E-state index is 0.0185. The van der Waals surface area contributed by atoms with Crippen LogP contribution in [-0.2, 0) is 4.74 Å². The fourth-order valence-electron chi connectivity index (χ4n) is 3.54. The first-order chi connectivity index (χ1) is 15.3. The summed E-state index contributed by atoms with van der Waals surface area (Å²) in [5.41, 5.74) is 0.432. The minimum atomic E-state index is -1.56. The third-order valence-corrected chi connectivity index (χ3v) is 5.33. The molecule has 5 atom stereocenters. The maximum atomic E-state index is 12.9. The number of hydrogen-bond donors (Lipinski definition) is 5. The van der Waals surface area contributed by atoms with Gasteiger partial charge in [0, 0.05) is 12.1 Å². The van der Waals surface area contributed by atoms with E-state index < -0.39 is 42.7 Å². The van der Waals surface area contributed by atoms with Gasteiger partial charge in [-0.25, -0.2) is 0 Å². The van der Waals surface area contributed by atoms with Gasteiger partial charge in [0.05, 0.1) is 19.3 Å². The van der Waals surface area contributed by atoms with Gasteiger partial charge < -0.3 is 44.2 Å². The fraction of sp³-hybridized carbons (Fsp3) is 0.318. The van der Waals surface area contributed by atoms with Crippen LogP contribution in [-0.4, -0.2) is 70.0 Å². The number of benzene rings is 2. The maximum absolute atomic E-state index is 12.9.